The van der Waals surface area contributed by atoms with Gasteiger partial charge < -0.3 is 0 Å². The molecule has 0 aromatic carbocycles. The lowest BCUT2D eigenvalue weighted by Crippen LogP contribution is -1.87. The summed E-state index contributed by atoms with van der Waals surface area (Å²) in [7, 11) is 0. The van der Waals surface area contributed by atoms with Crippen LogP contribution in [-0.2, 0) is 6.42 Å². The highest BCUT2D eigenvalue weighted by Crippen LogP contribution is 2.18. The van der Waals surface area contributed by atoms with Crippen LogP contribution in [0.2, 0.25) is 0 Å². The molecule has 0 bridgehead atoms. The largest absolute Gasteiger partial charge is 0.245 e. The van der Waals surface area contributed by atoms with Gasteiger partial charge in [-0.25, -0.2) is 4.98 Å². The Morgan fingerprint density at radius 2 is 2.45 bits per heavy atom. The molecule has 0 N–H and O–H groups in total. The van der Waals surface area contributed by atoms with Crippen LogP contribution in [0.4, 0.5) is 0 Å². The molecule has 0 spiro atoms. The second kappa shape index (κ2) is 3.54. The van der Waals surface area contributed by atoms with Crippen molar-refractivity contribution in [1.82, 2.24) is 4.98 Å². The van der Waals surface area contributed by atoms with Gasteiger partial charge in [-0.15, -0.1) is 23.7 Å². The SMILES string of the molecule is C#CCc1csc(C(C)C)n1. The van der Waals surface area contributed by atoms with Crippen molar-refractivity contribution >= 4 is 11.3 Å². The van der Waals surface area contributed by atoms with Gasteiger partial charge in [0.05, 0.1) is 17.1 Å². The molecule has 1 nitrogen and oxygen atoms in total. The number of thiazole rings is 1. The molecule has 1 rings (SSSR count). The molecule has 1 heterocycles. The molecule has 0 saturated heterocycles. The highest BCUT2D eigenvalue weighted by molar-refractivity contribution is 7.09. The summed E-state index contributed by atoms with van der Waals surface area (Å²) in [5, 5.41) is 3.21. The highest BCUT2D eigenvalue weighted by Gasteiger charge is 2.03. The Balaban J connectivity index is 2.75. The third-order valence-corrected chi connectivity index (χ3v) is 2.54. The van der Waals surface area contributed by atoms with Crippen LogP contribution in [-0.4, -0.2) is 4.98 Å². The fraction of sp³-hybridized carbons (Fsp3) is 0.444. The molecule has 0 aliphatic carbocycles. The van der Waals surface area contributed by atoms with Crippen molar-refractivity contribution in [3.63, 3.8) is 0 Å². The van der Waals surface area contributed by atoms with Crippen molar-refractivity contribution in [3.8, 4) is 12.3 Å². The van der Waals surface area contributed by atoms with E-state index in [1.54, 1.807) is 11.3 Å². The van der Waals surface area contributed by atoms with Crippen LogP contribution >= 0.6 is 11.3 Å². The Morgan fingerprint density at radius 1 is 1.73 bits per heavy atom. The molecule has 0 amide bonds. The van der Waals surface area contributed by atoms with Crippen molar-refractivity contribution in [2.45, 2.75) is 26.2 Å². The summed E-state index contributed by atoms with van der Waals surface area (Å²) in [6.07, 6.45) is 5.82. The van der Waals surface area contributed by atoms with E-state index in [1.807, 2.05) is 5.38 Å². The lowest BCUT2D eigenvalue weighted by atomic mass is 10.2. The van der Waals surface area contributed by atoms with Gasteiger partial charge in [-0.05, 0) is 0 Å². The Kier molecular flexibility index (Phi) is 2.67. The zero-order valence-corrected chi connectivity index (χ0v) is 7.61. The molecule has 0 unspecified atom stereocenters. The fourth-order valence-electron chi connectivity index (χ4n) is 0.774. The molecule has 0 radical (unpaired) electrons. The van der Waals surface area contributed by atoms with E-state index >= 15 is 0 Å². The molecule has 1 aromatic rings. The molecule has 0 aliphatic heterocycles. The number of nitrogens with zero attached hydrogens (tertiary/aromatic N) is 1. The van der Waals surface area contributed by atoms with Crippen molar-refractivity contribution in [3.05, 3.63) is 16.1 Å². The van der Waals surface area contributed by atoms with Gasteiger partial charge in [0.25, 0.3) is 0 Å². The maximum Gasteiger partial charge on any atom is 0.0954 e. The predicted molar refractivity (Wildman–Crippen MR) is 48.7 cm³/mol. The first kappa shape index (κ1) is 8.29. The van der Waals surface area contributed by atoms with Gasteiger partial charge in [0.2, 0.25) is 0 Å². The zero-order valence-electron chi connectivity index (χ0n) is 6.79. The van der Waals surface area contributed by atoms with Crippen molar-refractivity contribution in [1.29, 1.82) is 0 Å². The number of rotatable bonds is 2. The first-order valence-corrected chi connectivity index (χ1v) is 4.49. The summed E-state index contributed by atoms with van der Waals surface area (Å²) in [5.74, 6) is 3.10. The van der Waals surface area contributed by atoms with Gasteiger partial charge in [-0.1, -0.05) is 13.8 Å². The second-order valence-corrected chi connectivity index (χ2v) is 3.60. The molecule has 2 heteroatoms. The van der Waals surface area contributed by atoms with Gasteiger partial charge in [-0.3, -0.25) is 0 Å². The zero-order chi connectivity index (χ0) is 8.27. The van der Waals surface area contributed by atoms with E-state index in [2.05, 4.69) is 24.8 Å². The van der Waals surface area contributed by atoms with E-state index in [4.69, 9.17) is 6.42 Å². The third kappa shape index (κ3) is 2.06. The van der Waals surface area contributed by atoms with Crippen LogP contribution < -0.4 is 0 Å². The first-order chi connectivity index (χ1) is 5.24. The molecule has 0 atom stereocenters. The summed E-state index contributed by atoms with van der Waals surface area (Å²) in [4.78, 5) is 4.38. The molecule has 1 aromatic heterocycles. The Morgan fingerprint density at radius 3 is 2.91 bits per heavy atom. The summed E-state index contributed by atoms with van der Waals surface area (Å²) in [5.41, 5.74) is 1.03. The highest BCUT2D eigenvalue weighted by atomic mass is 32.1. The predicted octanol–water partition coefficient (Wildman–Crippen LogP) is 2.44. The lowest BCUT2D eigenvalue weighted by molar-refractivity contribution is 0.844. The smallest absolute Gasteiger partial charge is 0.0954 e. The van der Waals surface area contributed by atoms with E-state index in [0.717, 1.165) is 5.69 Å². The van der Waals surface area contributed by atoms with Gasteiger partial charge in [-0.2, -0.15) is 0 Å². The second-order valence-electron chi connectivity index (χ2n) is 2.71. The molecule has 11 heavy (non-hydrogen) atoms. The lowest BCUT2D eigenvalue weighted by Gasteiger charge is -1.95. The molecule has 0 aliphatic rings. The van der Waals surface area contributed by atoms with E-state index in [0.29, 0.717) is 12.3 Å². The third-order valence-electron chi connectivity index (χ3n) is 1.35. The topological polar surface area (TPSA) is 12.9 Å². The maximum atomic E-state index is 5.16. The van der Waals surface area contributed by atoms with Crippen molar-refractivity contribution in [2.24, 2.45) is 0 Å². The normalized spacial score (nSPS) is 10.0. The van der Waals surface area contributed by atoms with Gasteiger partial charge in [0.1, 0.15) is 0 Å². The van der Waals surface area contributed by atoms with Crippen LogP contribution in [0.5, 0.6) is 0 Å². The average Bonchev–Trinajstić information content (AvgIpc) is 2.37. The Bertz CT molecular complexity index is 267. The number of hydrogen-bond acceptors (Lipinski definition) is 2. The number of aromatic nitrogens is 1. The minimum atomic E-state index is 0.520. The van der Waals surface area contributed by atoms with E-state index in [-0.39, 0.29) is 0 Å². The quantitative estimate of drug-likeness (QED) is 0.613. The molecule has 0 saturated carbocycles. The van der Waals surface area contributed by atoms with Crippen LogP contribution in [0.15, 0.2) is 5.38 Å². The Labute approximate surface area is 71.5 Å². The van der Waals surface area contributed by atoms with Gasteiger partial charge in [0.15, 0.2) is 0 Å². The first-order valence-electron chi connectivity index (χ1n) is 3.61. The van der Waals surface area contributed by atoms with Crippen LogP contribution in [0, 0.1) is 12.3 Å². The fourth-order valence-corrected chi connectivity index (χ4v) is 1.61. The Hall–Kier alpha value is -0.810. The maximum absolute atomic E-state index is 5.16. The van der Waals surface area contributed by atoms with Gasteiger partial charge >= 0.3 is 0 Å². The molecular weight excluding hydrogens is 154 g/mol. The minimum Gasteiger partial charge on any atom is -0.245 e. The van der Waals surface area contributed by atoms with Crippen LogP contribution in [0.1, 0.15) is 30.5 Å². The van der Waals surface area contributed by atoms with Crippen molar-refractivity contribution in [2.75, 3.05) is 0 Å². The summed E-state index contributed by atoms with van der Waals surface area (Å²) in [6.45, 7) is 4.27. The summed E-state index contributed by atoms with van der Waals surface area (Å²) < 4.78 is 0. The van der Waals surface area contributed by atoms with E-state index in [9.17, 15) is 0 Å². The monoisotopic (exact) mass is 165 g/mol. The van der Waals surface area contributed by atoms with E-state index < -0.39 is 0 Å². The standard InChI is InChI=1S/C9H11NS/c1-4-5-8-6-11-9(10-8)7(2)3/h1,6-7H,5H2,2-3H3. The summed E-state index contributed by atoms with van der Waals surface area (Å²) >= 11 is 1.69. The van der Waals surface area contributed by atoms with Crippen LogP contribution in [0.25, 0.3) is 0 Å². The number of terminal acetylenes is 1. The number of hydrogen-bond donors (Lipinski definition) is 0. The minimum absolute atomic E-state index is 0.520. The van der Waals surface area contributed by atoms with Gasteiger partial charge in [0, 0.05) is 11.3 Å². The van der Waals surface area contributed by atoms with Crippen LogP contribution in [0.3, 0.4) is 0 Å². The molecule has 0 fully saturated rings. The molecular formula is C9H11NS. The van der Waals surface area contributed by atoms with E-state index in [1.165, 1.54) is 5.01 Å². The molecule has 58 valence electrons. The average molecular weight is 165 g/mol. The van der Waals surface area contributed by atoms with Crippen molar-refractivity contribution < 1.29 is 0 Å². The summed E-state index contributed by atoms with van der Waals surface area (Å²) in [6, 6.07) is 0.